The molecule has 0 saturated carbocycles. The minimum atomic E-state index is -0.992. The number of nitrogens with zero attached hydrogens (tertiary/aromatic N) is 1. The molecule has 4 heteroatoms. The molecule has 1 N–H and O–H groups in total. The first-order chi connectivity index (χ1) is 8.66. The molecular weight excluding hydrogens is 246 g/mol. The highest BCUT2D eigenvalue weighted by Crippen LogP contribution is 2.24. The Kier molecular flexibility index (Phi) is 3.99. The number of carbonyl (C=O) groups is 1. The van der Waals surface area contributed by atoms with E-state index in [-0.39, 0.29) is 5.69 Å². The Morgan fingerprint density at radius 3 is 2.83 bits per heavy atom. The van der Waals surface area contributed by atoms with Gasteiger partial charge in [-0.25, -0.2) is 9.78 Å². The summed E-state index contributed by atoms with van der Waals surface area (Å²) in [6, 6.07) is 11.6. The number of carboxylic acids is 1. The number of hydrogen-bond donors (Lipinski definition) is 1. The van der Waals surface area contributed by atoms with Gasteiger partial charge >= 0.3 is 5.97 Å². The maximum absolute atomic E-state index is 10.8. The fourth-order valence-corrected chi connectivity index (χ4v) is 2.55. The van der Waals surface area contributed by atoms with Crippen LogP contribution in [-0.4, -0.2) is 16.1 Å². The lowest BCUT2D eigenvalue weighted by atomic mass is 10.1. The highest BCUT2D eigenvalue weighted by Gasteiger charge is 2.05. The Bertz CT molecular complexity index is 569. The molecule has 0 unspecified atom stereocenters. The predicted molar refractivity (Wildman–Crippen MR) is 71.9 cm³/mol. The van der Waals surface area contributed by atoms with Crippen LogP contribution < -0.4 is 0 Å². The summed E-state index contributed by atoms with van der Waals surface area (Å²) >= 11 is 1.62. The number of aryl methyl sites for hydroxylation is 1. The molecule has 0 spiro atoms. The van der Waals surface area contributed by atoms with E-state index in [1.807, 2.05) is 18.2 Å². The number of aromatic nitrogens is 1. The van der Waals surface area contributed by atoms with Crippen molar-refractivity contribution in [1.29, 1.82) is 0 Å². The fraction of sp³-hybridized carbons (Fsp3) is 0.143. The van der Waals surface area contributed by atoms with Gasteiger partial charge in [-0.2, -0.15) is 0 Å². The van der Waals surface area contributed by atoms with Crippen molar-refractivity contribution in [2.45, 2.75) is 17.6 Å². The third-order valence-electron chi connectivity index (χ3n) is 2.61. The van der Waals surface area contributed by atoms with Gasteiger partial charge in [0.15, 0.2) is 0 Å². The van der Waals surface area contributed by atoms with Crippen LogP contribution in [0.2, 0.25) is 0 Å². The molecule has 2 aromatic rings. The van der Waals surface area contributed by atoms with E-state index in [0.717, 1.165) is 10.6 Å². The van der Waals surface area contributed by atoms with Crippen LogP contribution in [0.5, 0.6) is 0 Å². The van der Waals surface area contributed by atoms with Gasteiger partial charge in [0.05, 0.1) is 0 Å². The van der Waals surface area contributed by atoms with E-state index in [4.69, 9.17) is 5.11 Å². The Balaban J connectivity index is 2.09. The van der Waals surface area contributed by atoms with Crippen LogP contribution in [0.3, 0.4) is 0 Å². The van der Waals surface area contributed by atoms with Crippen LogP contribution in [0.15, 0.2) is 47.5 Å². The minimum absolute atomic E-state index is 0.0878. The summed E-state index contributed by atoms with van der Waals surface area (Å²) in [5, 5.41) is 8.87. The van der Waals surface area contributed by atoms with E-state index in [9.17, 15) is 4.79 Å². The maximum Gasteiger partial charge on any atom is 0.354 e. The highest BCUT2D eigenvalue weighted by atomic mass is 32.2. The second-order valence-electron chi connectivity index (χ2n) is 3.90. The van der Waals surface area contributed by atoms with Crippen LogP contribution in [-0.2, 0) is 5.75 Å². The quantitative estimate of drug-likeness (QED) is 0.855. The molecule has 1 heterocycles. The number of pyridine rings is 1. The van der Waals surface area contributed by atoms with Crippen molar-refractivity contribution < 1.29 is 9.90 Å². The molecule has 0 atom stereocenters. The molecule has 0 saturated heterocycles. The van der Waals surface area contributed by atoms with Gasteiger partial charge in [0.1, 0.15) is 5.69 Å². The van der Waals surface area contributed by atoms with Crippen LogP contribution in [0.1, 0.15) is 21.6 Å². The molecule has 0 aliphatic heterocycles. The molecule has 92 valence electrons. The monoisotopic (exact) mass is 259 g/mol. The fourth-order valence-electron chi connectivity index (χ4n) is 1.55. The van der Waals surface area contributed by atoms with E-state index in [1.165, 1.54) is 17.3 Å². The second kappa shape index (κ2) is 5.69. The van der Waals surface area contributed by atoms with E-state index in [2.05, 4.69) is 24.0 Å². The van der Waals surface area contributed by atoms with Gasteiger partial charge in [-0.05, 0) is 30.2 Å². The Morgan fingerprint density at radius 1 is 1.33 bits per heavy atom. The van der Waals surface area contributed by atoms with Gasteiger partial charge in [-0.3, -0.25) is 0 Å². The standard InChI is InChI=1S/C14H13NO2S/c1-10-4-2-3-5-11(10)9-18-12-6-7-15-13(8-12)14(16)17/h2-8H,9H2,1H3,(H,16,17). The van der Waals surface area contributed by atoms with Gasteiger partial charge in [0, 0.05) is 16.8 Å². The van der Waals surface area contributed by atoms with Crippen molar-refractivity contribution in [1.82, 2.24) is 4.98 Å². The lowest BCUT2D eigenvalue weighted by molar-refractivity contribution is 0.0690. The molecule has 18 heavy (non-hydrogen) atoms. The van der Waals surface area contributed by atoms with Gasteiger partial charge in [-0.15, -0.1) is 11.8 Å². The lowest BCUT2D eigenvalue weighted by Gasteiger charge is -2.05. The SMILES string of the molecule is Cc1ccccc1CSc1ccnc(C(=O)O)c1. The maximum atomic E-state index is 10.8. The van der Waals surface area contributed by atoms with E-state index in [1.54, 1.807) is 17.8 Å². The number of benzene rings is 1. The number of rotatable bonds is 4. The molecule has 0 aliphatic carbocycles. The van der Waals surface area contributed by atoms with Crippen molar-refractivity contribution in [2.24, 2.45) is 0 Å². The molecule has 1 aromatic carbocycles. The van der Waals surface area contributed by atoms with Gasteiger partial charge in [-0.1, -0.05) is 24.3 Å². The molecule has 3 nitrogen and oxygen atoms in total. The summed E-state index contributed by atoms with van der Waals surface area (Å²) in [6.45, 7) is 2.07. The zero-order chi connectivity index (χ0) is 13.0. The van der Waals surface area contributed by atoms with Crippen LogP contribution in [0, 0.1) is 6.92 Å². The van der Waals surface area contributed by atoms with Crippen LogP contribution in [0.4, 0.5) is 0 Å². The smallest absolute Gasteiger partial charge is 0.354 e. The van der Waals surface area contributed by atoms with Crippen molar-refractivity contribution >= 4 is 17.7 Å². The minimum Gasteiger partial charge on any atom is -0.477 e. The van der Waals surface area contributed by atoms with Gasteiger partial charge in [0.2, 0.25) is 0 Å². The van der Waals surface area contributed by atoms with E-state index < -0.39 is 5.97 Å². The van der Waals surface area contributed by atoms with Gasteiger partial charge in [0.25, 0.3) is 0 Å². The molecule has 1 aromatic heterocycles. The summed E-state index contributed by atoms with van der Waals surface area (Å²) in [5.41, 5.74) is 2.60. The van der Waals surface area contributed by atoms with Crippen molar-refractivity contribution in [3.8, 4) is 0 Å². The molecular formula is C14H13NO2S. The second-order valence-corrected chi connectivity index (χ2v) is 4.95. The molecule has 0 radical (unpaired) electrons. The Labute approximate surface area is 110 Å². The lowest BCUT2D eigenvalue weighted by Crippen LogP contribution is -1.99. The molecule has 0 bridgehead atoms. The summed E-state index contributed by atoms with van der Waals surface area (Å²) in [7, 11) is 0. The summed E-state index contributed by atoms with van der Waals surface area (Å²) in [6.07, 6.45) is 1.53. The van der Waals surface area contributed by atoms with Gasteiger partial charge < -0.3 is 5.11 Å². The number of thioether (sulfide) groups is 1. The third-order valence-corrected chi connectivity index (χ3v) is 3.65. The summed E-state index contributed by atoms with van der Waals surface area (Å²) in [5.74, 6) is -0.163. The number of hydrogen-bond acceptors (Lipinski definition) is 3. The van der Waals surface area contributed by atoms with Crippen molar-refractivity contribution in [3.05, 3.63) is 59.4 Å². The largest absolute Gasteiger partial charge is 0.477 e. The molecule has 0 amide bonds. The van der Waals surface area contributed by atoms with Crippen molar-refractivity contribution in [3.63, 3.8) is 0 Å². The third kappa shape index (κ3) is 3.11. The van der Waals surface area contributed by atoms with Crippen LogP contribution >= 0.6 is 11.8 Å². The van der Waals surface area contributed by atoms with E-state index in [0.29, 0.717) is 0 Å². The zero-order valence-electron chi connectivity index (χ0n) is 9.96. The van der Waals surface area contributed by atoms with Crippen molar-refractivity contribution in [2.75, 3.05) is 0 Å². The summed E-state index contributed by atoms with van der Waals surface area (Å²) in [4.78, 5) is 15.5. The Morgan fingerprint density at radius 2 is 2.11 bits per heavy atom. The number of carboxylic acid groups (broad SMARTS) is 1. The average Bonchev–Trinajstić information content (AvgIpc) is 2.38. The predicted octanol–water partition coefficient (Wildman–Crippen LogP) is 3.38. The first kappa shape index (κ1) is 12.6. The molecule has 0 fully saturated rings. The average molecular weight is 259 g/mol. The Hall–Kier alpha value is -1.81. The normalized spacial score (nSPS) is 10.3. The molecule has 2 rings (SSSR count). The highest BCUT2D eigenvalue weighted by molar-refractivity contribution is 7.98. The van der Waals surface area contributed by atoms with E-state index >= 15 is 0 Å². The topological polar surface area (TPSA) is 50.2 Å². The summed E-state index contributed by atoms with van der Waals surface area (Å²) < 4.78 is 0. The number of aromatic carboxylic acids is 1. The van der Waals surface area contributed by atoms with Crippen LogP contribution in [0.25, 0.3) is 0 Å². The molecule has 0 aliphatic rings. The first-order valence-corrected chi connectivity index (χ1v) is 6.52. The zero-order valence-corrected chi connectivity index (χ0v) is 10.8. The first-order valence-electron chi connectivity index (χ1n) is 5.53.